The molecule has 1 amide bonds. The molecule has 0 aliphatic carbocycles. The van der Waals surface area contributed by atoms with E-state index in [9.17, 15) is 14.0 Å². The Bertz CT molecular complexity index is 812. The molecule has 0 saturated carbocycles. The Morgan fingerprint density at radius 2 is 1.92 bits per heavy atom. The highest BCUT2D eigenvalue weighted by Crippen LogP contribution is 2.33. The second kappa shape index (κ2) is 6.88. The zero-order valence-corrected chi connectivity index (χ0v) is 14.6. The van der Waals surface area contributed by atoms with E-state index in [1.165, 1.54) is 16.7 Å². The zero-order chi connectivity index (χ0) is 18.0. The largest absolute Gasteiger partial charge is 0.479 e. The number of amides is 1. The SMILES string of the molecule is Cc1ccc(C(=O)N2CCC(F)(C(=O)O)C2)c(Sc2ccccc2)c1. The first-order valence-electron chi connectivity index (χ1n) is 7.94. The lowest BCUT2D eigenvalue weighted by molar-refractivity contribution is -0.149. The number of alkyl halides is 1. The molecular weight excluding hydrogens is 341 g/mol. The predicted molar refractivity (Wildman–Crippen MR) is 93.7 cm³/mol. The summed E-state index contributed by atoms with van der Waals surface area (Å²) in [7, 11) is 0. The molecule has 0 aromatic heterocycles. The summed E-state index contributed by atoms with van der Waals surface area (Å²) < 4.78 is 14.3. The van der Waals surface area contributed by atoms with Crippen LogP contribution in [-0.4, -0.2) is 40.6 Å². The van der Waals surface area contributed by atoms with Crippen LogP contribution in [0.15, 0.2) is 58.3 Å². The molecule has 1 aliphatic heterocycles. The van der Waals surface area contributed by atoms with Crippen molar-refractivity contribution in [3.63, 3.8) is 0 Å². The number of likely N-dealkylation sites (tertiary alicyclic amines) is 1. The molecular formula is C19H18FNO3S. The van der Waals surface area contributed by atoms with Gasteiger partial charge in [-0.3, -0.25) is 4.79 Å². The van der Waals surface area contributed by atoms with Gasteiger partial charge >= 0.3 is 5.97 Å². The highest BCUT2D eigenvalue weighted by Gasteiger charge is 2.47. The summed E-state index contributed by atoms with van der Waals surface area (Å²) in [5.74, 6) is -1.84. The quantitative estimate of drug-likeness (QED) is 0.902. The van der Waals surface area contributed by atoms with Crippen LogP contribution in [0.3, 0.4) is 0 Å². The lowest BCUT2D eigenvalue weighted by Crippen LogP contribution is -2.39. The van der Waals surface area contributed by atoms with E-state index in [1.54, 1.807) is 6.07 Å². The maximum Gasteiger partial charge on any atom is 0.343 e. The number of halogens is 1. The van der Waals surface area contributed by atoms with Gasteiger partial charge in [0.1, 0.15) is 0 Å². The van der Waals surface area contributed by atoms with Crippen LogP contribution in [0.25, 0.3) is 0 Å². The Kier molecular flexibility index (Phi) is 4.81. The molecule has 4 nitrogen and oxygen atoms in total. The maximum atomic E-state index is 14.3. The van der Waals surface area contributed by atoms with Gasteiger partial charge in [0, 0.05) is 22.8 Å². The number of carboxylic acid groups (broad SMARTS) is 1. The van der Waals surface area contributed by atoms with Gasteiger partial charge in [0.25, 0.3) is 5.91 Å². The Morgan fingerprint density at radius 1 is 1.20 bits per heavy atom. The fourth-order valence-electron chi connectivity index (χ4n) is 2.80. The predicted octanol–water partition coefficient (Wildman–Crippen LogP) is 3.79. The van der Waals surface area contributed by atoms with Gasteiger partial charge in [-0.25, -0.2) is 9.18 Å². The number of nitrogens with zero attached hydrogens (tertiary/aromatic N) is 1. The fourth-order valence-corrected chi connectivity index (χ4v) is 3.85. The third-order valence-electron chi connectivity index (χ3n) is 4.23. The van der Waals surface area contributed by atoms with Gasteiger partial charge in [0.2, 0.25) is 5.67 Å². The summed E-state index contributed by atoms with van der Waals surface area (Å²) in [4.78, 5) is 27.0. The molecule has 2 aromatic carbocycles. The molecule has 3 rings (SSSR count). The summed E-state index contributed by atoms with van der Waals surface area (Å²) in [6.45, 7) is 1.63. The van der Waals surface area contributed by atoms with Crippen LogP contribution in [0.5, 0.6) is 0 Å². The Hall–Kier alpha value is -2.34. The van der Waals surface area contributed by atoms with Crippen molar-refractivity contribution in [2.24, 2.45) is 0 Å². The van der Waals surface area contributed by atoms with Crippen molar-refractivity contribution >= 4 is 23.6 Å². The number of carbonyl (C=O) groups is 2. The Balaban J connectivity index is 1.87. The summed E-state index contributed by atoms with van der Waals surface area (Å²) in [5.41, 5.74) is -0.872. The van der Waals surface area contributed by atoms with Crippen LogP contribution in [-0.2, 0) is 4.79 Å². The Morgan fingerprint density at radius 3 is 2.56 bits per heavy atom. The highest BCUT2D eigenvalue weighted by atomic mass is 32.2. The molecule has 6 heteroatoms. The van der Waals surface area contributed by atoms with Crippen LogP contribution >= 0.6 is 11.8 Å². The number of aryl methyl sites for hydroxylation is 1. The van der Waals surface area contributed by atoms with Gasteiger partial charge in [-0.1, -0.05) is 36.0 Å². The van der Waals surface area contributed by atoms with Gasteiger partial charge in [0.05, 0.1) is 12.1 Å². The highest BCUT2D eigenvalue weighted by molar-refractivity contribution is 7.99. The van der Waals surface area contributed by atoms with Crippen molar-refractivity contribution < 1.29 is 19.1 Å². The minimum Gasteiger partial charge on any atom is -0.479 e. The topological polar surface area (TPSA) is 57.6 Å². The van der Waals surface area contributed by atoms with Crippen LogP contribution in [0, 0.1) is 6.92 Å². The number of aliphatic carboxylic acids is 1. The summed E-state index contributed by atoms with van der Waals surface area (Å²) in [6, 6.07) is 15.1. The van der Waals surface area contributed by atoms with Gasteiger partial charge < -0.3 is 10.0 Å². The van der Waals surface area contributed by atoms with Crippen LogP contribution in [0.4, 0.5) is 4.39 Å². The van der Waals surface area contributed by atoms with Gasteiger partial charge in [0.15, 0.2) is 0 Å². The van der Waals surface area contributed by atoms with Crippen molar-refractivity contribution in [1.82, 2.24) is 4.90 Å². The first kappa shape index (κ1) is 17.5. The monoisotopic (exact) mass is 359 g/mol. The number of carboxylic acids is 1. The first-order valence-corrected chi connectivity index (χ1v) is 8.76. The molecule has 1 saturated heterocycles. The number of rotatable bonds is 4. The fraction of sp³-hybridized carbons (Fsp3) is 0.263. The van der Waals surface area contributed by atoms with Crippen LogP contribution < -0.4 is 0 Å². The normalized spacial score (nSPS) is 19.8. The number of carbonyl (C=O) groups excluding carboxylic acids is 1. The molecule has 1 N–H and O–H groups in total. The van der Waals surface area contributed by atoms with E-state index in [0.29, 0.717) is 5.56 Å². The number of hydrogen-bond donors (Lipinski definition) is 1. The number of hydrogen-bond acceptors (Lipinski definition) is 3. The molecule has 1 aliphatic rings. The summed E-state index contributed by atoms with van der Waals surface area (Å²) in [5, 5.41) is 9.01. The Labute approximate surface area is 149 Å². The van der Waals surface area contributed by atoms with E-state index in [2.05, 4.69) is 0 Å². The maximum absolute atomic E-state index is 14.3. The van der Waals surface area contributed by atoms with Crippen molar-refractivity contribution in [2.45, 2.75) is 28.8 Å². The number of benzene rings is 2. The molecule has 0 bridgehead atoms. The van der Waals surface area contributed by atoms with E-state index in [-0.39, 0.29) is 18.9 Å². The second-order valence-electron chi connectivity index (χ2n) is 6.16. The standard InChI is InChI=1S/C19H18FNO3S/c1-13-7-8-15(16(11-13)25-14-5-3-2-4-6-14)17(22)21-10-9-19(20,12-21)18(23)24/h2-8,11H,9-10,12H2,1H3,(H,23,24). The van der Waals surface area contributed by atoms with Gasteiger partial charge in [-0.15, -0.1) is 0 Å². The molecule has 1 heterocycles. The average molecular weight is 359 g/mol. The van der Waals surface area contributed by atoms with Gasteiger partial charge in [-0.2, -0.15) is 0 Å². The minimum absolute atomic E-state index is 0.102. The molecule has 0 radical (unpaired) electrons. The van der Waals surface area contributed by atoms with E-state index >= 15 is 0 Å². The van der Waals surface area contributed by atoms with Crippen LogP contribution in [0.1, 0.15) is 22.3 Å². The van der Waals surface area contributed by atoms with Crippen molar-refractivity contribution in [1.29, 1.82) is 0 Å². The molecule has 1 atom stereocenters. The third-order valence-corrected chi connectivity index (χ3v) is 5.29. The van der Waals surface area contributed by atoms with Crippen molar-refractivity contribution in [2.75, 3.05) is 13.1 Å². The lowest BCUT2D eigenvalue weighted by Gasteiger charge is -2.19. The van der Waals surface area contributed by atoms with Gasteiger partial charge in [-0.05, 0) is 36.8 Å². The third kappa shape index (κ3) is 3.69. The van der Waals surface area contributed by atoms with Crippen molar-refractivity contribution in [3.8, 4) is 0 Å². The molecule has 0 spiro atoms. The van der Waals surface area contributed by atoms with Crippen molar-refractivity contribution in [3.05, 3.63) is 59.7 Å². The lowest BCUT2D eigenvalue weighted by atomic mass is 10.1. The van der Waals surface area contributed by atoms with E-state index in [0.717, 1.165) is 15.4 Å². The molecule has 130 valence electrons. The van der Waals surface area contributed by atoms with E-state index < -0.39 is 18.2 Å². The van der Waals surface area contributed by atoms with E-state index in [1.807, 2.05) is 49.4 Å². The molecule has 25 heavy (non-hydrogen) atoms. The molecule has 2 aromatic rings. The van der Waals surface area contributed by atoms with Crippen LogP contribution in [0.2, 0.25) is 0 Å². The summed E-state index contributed by atoms with van der Waals surface area (Å²) >= 11 is 1.46. The van der Waals surface area contributed by atoms with E-state index in [4.69, 9.17) is 5.11 Å². The average Bonchev–Trinajstić information content (AvgIpc) is 2.99. The zero-order valence-electron chi connectivity index (χ0n) is 13.7. The first-order chi connectivity index (χ1) is 11.9. The smallest absolute Gasteiger partial charge is 0.343 e. The molecule has 1 unspecified atom stereocenters. The second-order valence-corrected chi connectivity index (χ2v) is 7.28. The molecule has 1 fully saturated rings. The minimum atomic E-state index is -2.35. The summed E-state index contributed by atoms with van der Waals surface area (Å²) in [6.07, 6.45) is -0.179.